The third kappa shape index (κ3) is 3.19. The Morgan fingerprint density at radius 1 is 0.826 bits per heavy atom. The first-order valence-electron chi connectivity index (χ1n) is 8.48. The van der Waals surface area contributed by atoms with Crippen molar-refractivity contribution in [3.8, 4) is 0 Å². The Morgan fingerprint density at radius 3 is 1.91 bits per heavy atom. The zero-order valence-electron chi connectivity index (χ0n) is 13.7. The van der Waals surface area contributed by atoms with Gasteiger partial charge in [-0.15, -0.1) is 0 Å². The molecule has 1 nitrogen and oxygen atoms in total. The molecule has 0 spiro atoms. The quantitative estimate of drug-likeness (QED) is 0.624. The molecule has 2 aromatic rings. The molecule has 1 aliphatic carbocycles. The van der Waals surface area contributed by atoms with E-state index in [0.29, 0.717) is 6.10 Å². The molecule has 0 saturated heterocycles. The first-order chi connectivity index (χ1) is 11.2. The fourth-order valence-corrected chi connectivity index (χ4v) is 7.15. The van der Waals surface area contributed by atoms with Crippen LogP contribution in [0, 0.1) is 11.8 Å². The van der Waals surface area contributed by atoms with Crippen molar-refractivity contribution in [2.45, 2.75) is 58.8 Å². The fraction of sp³-hybridized carbons (Fsp3) is 0.400. The van der Waals surface area contributed by atoms with E-state index in [4.69, 9.17) is 4.18 Å². The number of fused-ring (bicyclic) bond motifs is 2. The molecular formula is C20H23OS2+. The Hall–Kier alpha value is -0.900. The molecule has 23 heavy (non-hydrogen) atoms. The van der Waals surface area contributed by atoms with Crippen LogP contribution < -0.4 is 0 Å². The molecule has 2 aromatic carbocycles. The van der Waals surface area contributed by atoms with Crippen molar-refractivity contribution < 1.29 is 4.18 Å². The van der Waals surface area contributed by atoms with E-state index in [1.165, 1.54) is 38.8 Å². The van der Waals surface area contributed by atoms with Crippen molar-refractivity contribution >= 4 is 22.9 Å². The molecule has 0 bridgehead atoms. The van der Waals surface area contributed by atoms with E-state index in [2.05, 4.69) is 62.4 Å². The third-order valence-electron chi connectivity index (χ3n) is 4.69. The predicted octanol–water partition coefficient (Wildman–Crippen LogP) is 5.94. The summed E-state index contributed by atoms with van der Waals surface area (Å²) in [4.78, 5) is 5.43. The predicted molar refractivity (Wildman–Crippen MR) is 98.0 cm³/mol. The highest BCUT2D eigenvalue weighted by Crippen LogP contribution is 2.47. The minimum Gasteiger partial charge on any atom is -0.158 e. The van der Waals surface area contributed by atoms with Gasteiger partial charge in [-0.1, -0.05) is 49.9 Å². The van der Waals surface area contributed by atoms with Gasteiger partial charge in [-0.25, -0.2) is 0 Å². The summed E-state index contributed by atoms with van der Waals surface area (Å²) in [5, 5.41) is 0. The summed E-state index contributed by atoms with van der Waals surface area (Å²) in [6, 6.07) is 17.5. The molecule has 0 radical (unpaired) electrons. The van der Waals surface area contributed by atoms with Crippen molar-refractivity contribution in [3.63, 3.8) is 0 Å². The standard InChI is InChI=1S/C20H23OS2/c1-14-11-15(2)13-16(12-14)21-23-19-9-5-3-7-17(19)22-18-8-4-6-10-20(18)23/h3-10,14-16H,11-13H2,1-2H3/q+1/t14-,15+,16?. The molecule has 4 rings (SSSR count). The summed E-state index contributed by atoms with van der Waals surface area (Å²) in [7, 11) is 0. The molecule has 0 aromatic heterocycles. The molecule has 0 N–H and O–H groups in total. The van der Waals surface area contributed by atoms with Crippen LogP contribution in [0.15, 0.2) is 68.1 Å². The molecular weight excluding hydrogens is 320 g/mol. The van der Waals surface area contributed by atoms with Crippen molar-refractivity contribution in [2.75, 3.05) is 0 Å². The van der Waals surface area contributed by atoms with Crippen molar-refractivity contribution in [3.05, 3.63) is 48.5 Å². The second-order valence-corrected chi connectivity index (χ2v) is 9.59. The lowest BCUT2D eigenvalue weighted by atomic mass is 9.82. The second kappa shape index (κ2) is 6.54. The highest BCUT2D eigenvalue weighted by molar-refractivity contribution is 8.02. The largest absolute Gasteiger partial charge is 0.225 e. The Balaban J connectivity index is 1.67. The van der Waals surface area contributed by atoms with E-state index >= 15 is 0 Å². The topological polar surface area (TPSA) is 9.23 Å². The first-order valence-corrected chi connectivity index (χ1v) is 10.4. The monoisotopic (exact) mass is 343 g/mol. The van der Waals surface area contributed by atoms with Crippen LogP contribution in [0.1, 0.15) is 33.1 Å². The number of hydrogen-bond acceptors (Lipinski definition) is 2. The van der Waals surface area contributed by atoms with Crippen molar-refractivity contribution in [1.29, 1.82) is 0 Å². The van der Waals surface area contributed by atoms with Gasteiger partial charge in [0.05, 0.1) is 9.79 Å². The van der Waals surface area contributed by atoms with Gasteiger partial charge in [0.1, 0.15) is 6.10 Å². The van der Waals surface area contributed by atoms with E-state index in [-0.39, 0.29) is 11.2 Å². The molecule has 0 amide bonds. The Kier molecular flexibility index (Phi) is 4.44. The van der Waals surface area contributed by atoms with Gasteiger partial charge in [-0.2, -0.15) is 4.18 Å². The summed E-state index contributed by atoms with van der Waals surface area (Å²) in [6.45, 7) is 4.74. The summed E-state index contributed by atoms with van der Waals surface area (Å²) < 4.78 is 6.74. The lowest BCUT2D eigenvalue weighted by Crippen LogP contribution is -2.29. The maximum Gasteiger partial charge on any atom is 0.225 e. The van der Waals surface area contributed by atoms with Gasteiger partial charge < -0.3 is 0 Å². The Bertz CT molecular complexity index is 644. The molecule has 120 valence electrons. The smallest absolute Gasteiger partial charge is 0.158 e. The van der Waals surface area contributed by atoms with Gasteiger partial charge in [-0.3, -0.25) is 0 Å². The Labute approximate surface area is 146 Å². The summed E-state index contributed by atoms with van der Waals surface area (Å²) >= 11 is 1.63. The lowest BCUT2D eigenvalue weighted by Gasteiger charge is -2.30. The first kappa shape index (κ1) is 15.6. The van der Waals surface area contributed by atoms with E-state index in [9.17, 15) is 0 Å². The maximum atomic E-state index is 6.74. The SMILES string of the molecule is C[C@@H]1CC(O[S+]2c3ccccc3Sc3ccccc32)C[C@H](C)C1. The van der Waals surface area contributed by atoms with Gasteiger partial charge in [0.2, 0.25) is 21.0 Å². The second-order valence-electron chi connectivity index (χ2n) is 6.90. The molecule has 3 atom stereocenters. The minimum absolute atomic E-state index is 0.243. The van der Waals surface area contributed by atoms with E-state index in [1.807, 2.05) is 11.8 Å². The zero-order chi connectivity index (χ0) is 15.8. The van der Waals surface area contributed by atoms with Crippen LogP contribution in [0.25, 0.3) is 0 Å². The van der Waals surface area contributed by atoms with Gasteiger partial charge in [0.25, 0.3) is 0 Å². The van der Waals surface area contributed by atoms with Gasteiger partial charge in [0.15, 0.2) is 0 Å². The van der Waals surface area contributed by atoms with Crippen LogP contribution in [-0.4, -0.2) is 6.10 Å². The van der Waals surface area contributed by atoms with Gasteiger partial charge >= 0.3 is 0 Å². The van der Waals surface area contributed by atoms with Crippen molar-refractivity contribution in [1.82, 2.24) is 0 Å². The van der Waals surface area contributed by atoms with E-state index in [1.54, 1.807) is 0 Å². The molecule has 1 saturated carbocycles. The molecule has 1 heterocycles. The average Bonchev–Trinajstić information content (AvgIpc) is 2.54. The molecule has 2 aliphatic rings. The van der Waals surface area contributed by atoms with Crippen LogP contribution in [0.4, 0.5) is 0 Å². The molecule has 1 aliphatic heterocycles. The van der Waals surface area contributed by atoms with Gasteiger partial charge in [0, 0.05) is 0 Å². The highest BCUT2D eigenvalue weighted by Gasteiger charge is 2.41. The normalized spacial score (nSPS) is 27.3. The molecule has 1 unspecified atom stereocenters. The molecule has 3 heteroatoms. The summed E-state index contributed by atoms with van der Waals surface area (Å²) in [5.41, 5.74) is 0. The van der Waals surface area contributed by atoms with Crippen LogP contribution >= 0.6 is 11.8 Å². The summed E-state index contributed by atoms with van der Waals surface area (Å²) in [6.07, 6.45) is 4.13. The zero-order valence-corrected chi connectivity index (χ0v) is 15.3. The highest BCUT2D eigenvalue weighted by atomic mass is 32.2. The van der Waals surface area contributed by atoms with E-state index in [0.717, 1.165) is 11.8 Å². The van der Waals surface area contributed by atoms with Crippen LogP contribution in [0.2, 0.25) is 0 Å². The minimum atomic E-state index is -0.243. The van der Waals surface area contributed by atoms with Crippen LogP contribution in [-0.2, 0) is 15.4 Å². The third-order valence-corrected chi connectivity index (χ3v) is 8.07. The maximum absolute atomic E-state index is 6.74. The van der Waals surface area contributed by atoms with Gasteiger partial charge in [-0.05, 0) is 55.4 Å². The van der Waals surface area contributed by atoms with Crippen LogP contribution in [0.3, 0.4) is 0 Å². The van der Waals surface area contributed by atoms with Crippen molar-refractivity contribution in [2.24, 2.45) is 11.8 Å². The van der Waals surface area contributed by atoms with E-state index < -0.39 is 0 Å². The Morgan fingerprint density at radius 2 is 1.35 bits per heavy atom. The average molecular weight is 344 g/mol. The lowest BCUT2D eigenvalue weighted by molar-refractivity contribution is 0.116. The molecule has 1 fully saturated rings. The number of hydrogen-bond donors (Lipinski definition) is 0. The summed E-state index contributed by atoms with van der Waals surface area (Å²) in [5.74, 6) is 1.55. The fourth-order valence-electron chi connectivity index (χ4n) is 3.80. The van der Waals surface area contributed by atoms with Crippen LogP contribution in [0.5, 0.6) is 0 Å². The number of benzene rings is 2. The number of rotatable bonds is 2.